The Kier molecular flexibility index (Phi) is 2.11. The van der Waals surface area contributed by atoms with Crippen LogP contribution in [0.25, 0.3) is 5.52 Å². The lowest BCUT2D eigenvalue weighted by Crippen LogP contribution is -2.06. The van der Waals surface area contributed by atoms with Crippen molar-refractivity contribution in [1.29, 1.82) is 0 Å². The predicted octanol–water partition coefficient (Wildman–Crippen LogP) is 2.05. The number of carboxylic acids is 1. The van der Waals surface area contributed by atoms with Crippen LogP contribution in [0.5, 0.6) is 0 Å². The molecule has 0 atom stereocenters. The van der Waals surface area contributed by atoms with Crippen LogP contribution in [0.3, 0.4) is 0 Å². The highest BCUT2D eigenvalue weighted by molar-refractivity contribution is 5.87. The third kappa shape index (κ3) is 1.60. The van der Waals surface area contributed by atoms with E-state index in [9.17, 15) is 18.0 Å². The first-order valence-electron chi connectivity index (χ1n) is 4.18. The van der Waals surface area contributed by atoms with E-state index in [0.717, 1.165) is 22.7 Å². The number of alkyl halides is 3. The molecule has 2 heterocycles. The van der Waals surface area contributed by atoms with Crippen molar-refractivity contribution in [2.45, 2.75) is 6.18 Å². The lowest BCUT2D eigenvalue weighted by atomic mass is 10.2. The fourth-order valence-electron chi connectivity index (χ4n) is 1.36. The van der Waals surface area contributed by atoms with Crippen LogP contribution in [0.1, 0.15) is 16.1 Å². The van der Waals surface area contributed by atoms with Gasteiger partial charge >= 0.3 is 12.1 Å². The van der Waals surface area contributed by atoms with E-state index in [2.05, 4.69) is 5.10 Å². The Morgan fingerprint density at radius 2 is 2.12 bits per heavy atom. The summed E-state index contributed by atoms with van der Waals surface area (Å²) in [6.45, 7) is 0. The lowest BCUT2D eigenvalue weighted by Gasteiger charge is -2.07. The molecule has 1 N–H and O–H groups in total. The molecule has 2 aromatic heterocycles. The average Bonchev–Trinajstić information content (AvgIpc) is 2.58. The summed E-state index contributed by atoms with van der Waals surface area (Å²) in [6, 6.07) is 2.93. The molecule has 7 heteroatoms. The van der Waals surface area contributed by atoms with Crippen LogP contribution in [0, 0.1) is 0 Å². The fraction of sp³-hybridized carbons (Fsp3) is 0.111. The molecule has 0 unspecified atom stereocenters. The Bertz CT molecular complexity index is 559. The maximum absolute atomic E-state index is 12.5. The number of nitrogens with zero attached hydrogens (tertiary/aromatic N) is 2. The predicted molar refractivity (Wildman–Crippen MR) is 47.2 cm³/mol. The van der Waals surface area contributed by atoms with E-state index in [-0.39, 0.29) is 5.52 Å². The zero-order valence-corrected chi connectivity index (χ0v) is 7.69. The normalized spacial score (nSPS) is 11.9. The molecule has 0 radical (unpaired) electrons. The van der Waals surface area contributed by atoms with Crippen molar-refractivity contribution < 1.29 is 23.1 Å². The van der Waals surface area contributed by atoms with Crippen LogP contribution >= 0.6 is 0 Å². The summed E-state index contributed by atoms with van der Waals surface area (Å²) in [5.74, 6) is -1.36. The van der Waals surface area contributed by atoms with E-state index in [1.807, 2.05) is 0 Å². The molecular weight excluding hydrogens is 225 g/mol. The molecule has 0 amide bonds. The first-order valence-corrected chi connectivity index (χ1v) is 4.18. The molecule has 0 spiro atoms. The minimum absolute atomic E-state index is 0.271. The molecule has 0 aliphatic carbocycles. The Hall–Kier alpha value is -2.05. The number of hydrogen-bond donors (Lipinski definition) is 1. The van der Waals surface area contributed by atoms with E-state index in [1.165, 1.54) is 6.20 Å². The molecule has 2 rings (SSSR count). The van der Waals surface area contributed by atoms with Crippen molar-refractivity contribution in [3.8, 4) is 0 Å². The number of aromatic nitrogens is 2. The van der Waals surface area contributed by atoms with Crippen molar-refractivity contribution in [2.24, 2.45) is 0 Å². The zero-order valence-electron chi connectivity index (χ0n) is 7.69. The van der Waals surface area contributed by atoms with Gasteiger partial charge in [-0.2, -0.15) is 18.3 Å². The Labute approximate surface area is 86.9 Å². The summed E-state index contributed by atoms with van der Waals surface area (Å²) < 4.78 is 38.5. The summed E-state index contributed by atoms with van der Waals surface area (Å²) in [6.07, 6.45) is -3.27. The molecule has 0 aliphatic rings. The molecule has 84 valence electrons. The van der Waals surface area contributed by atoms with Gasteiger partial charge in [-0.25, -0.2) is 9.31 Å². The Balaban J connectivity index is 2.73. The Morgan fingerprint density at radius 1 is 1.44 bits per heavy atom. The lowest BCUT2D eigenvalue weighted by molar-refractivity contribution is -0.136. The molecule has 0 aliphatic heterocycles. The second kappa shape index (κ2) is 3.22. The van der Waals surface area contributed by atoms with Crippen molar-refractivity contribution in [2.75, 3.05) is 0 Å². The van der Waals surface area contributed by atoms with Crippen LogP contribution in [0.15, 0.2) is 24.4 Å². The summed E-state index contributed by atoms with van der Waals surface area (Å²) in [7, 11) is 0. The highest BCUT2D eigenvalue weighted by atomic mass is 19.4. The molecule has 0 bridgehead atoms. The van der Waals surface area contributed by atoms with Crippen molar-refractivity contribution >= 4 is 11.5 Å². The first kappa shape index (κ1) is 10.5. The number of hydrogen-bond acceptors (Lipinski definition) is 2. The average molecular weight is 230 g/mol. The largest absolute Gasteiger partial charge is 0.476 e. The first-order chi connectivity index (χ1) is 7.39. The van der Waals surface area contributed by atoms with E-state index in [1.54, 1.807) is 0 Å². The molecule has 0 fully saturated rings. The number of fused-ring (bicyclic) bond motifs is 1. The minimum atomic E-state index is -4.53. The number of carbonyl (C=O) groups is 1. The SMILES string of the molecule is O=C(O)c1cc2c(C(F)(F)F)cccn2n1. The standard InChI is InChI=1S/C9H5F3N2O2/c10-9(11,12)5-2-1-3-14-7(5)4-6(13-14)8(15)16/h1-4H,(H,15,16). The fourth-order valence-corrected chi connectivity index (χ4v) is 1.36. The van der Waals surface area contributed by atoms with Gasteiger partial charge in [-0.15, -0.1) is 0 Å². The van der Waals surface area contributed by atoms with Crippen LogP contribution in [0.2, 0.25) is 0 Å². The minimum Gasteiger partial charge on any atom is -0.476 e. The summed E-state index contributed by atoms with van der Waals surface area (Å²) >= 11 is 0. The van der Waals surface area contributed by atoms with Gasteiger partial charge in [0.25, 0.3) is 0 Å². The number of halogens is 3. The maximum Gasteiger partial charge on any atom is 0.418 e. The van der Waals surface area contributed by atoms with Gasteiger partial charge in [0, 0.05) is 6.20 Å². The van der Waals surface area contributed by atoms with Gasteiger partial charge in [-0.1, -0.05) is 0 Å². The quantitative estimate of drug-likeness (QED) is 0.815. The molecular formula is C9H5F3N2O2. The van der Waals surface area contributed by atoms with Crippen molar-refractivity contribution in [3.05, 3.63) is 35.7 Å². The van der Waals surface area contributed by atoms with Crippen LogP contribution in [0.4, 0.5) is 13.2 Å². The summed E-state index contributed by atoms with van der Waals surface area (Å²) in [5, 5.41) is 12.1. The summed E-state index contributed by atoms with van der Waals surface area (Å²) in [4.78, 5) is 10.6. The van der Waals surface area contributed by atoms with Gasteiger partial charge in [0.1, 0.15) is 0 Å². The highest BCUT2D eigenvalue weighted by Crippen LogP contribution is 2.32. The third-order valence-corrected chi connectivity index (χ3v) is 2.03. The van der Waals surface area contributed by atoms with E-state index >= 15 is 0 Å². The molecule has 2 aromatic rings. The van der Waals surface area contributed by atoms with E-state index in [4.69, 9.17) is 5.11 Å². The van der Waals surface area contributed by atoms with Crippen LogP contribution in [-0.2, 0) is 6.18 Å². The molecule has 4 nitrogen and oxygen atoms in total. The molecule has 0 aromatic carbocycles. The van der Waals surface area contributed by atoms with Gasteiger partial charge in [0.15, 0.2) is 5.69 Å². The second-order valence-electron chi connectivity index (χ2n) is 3.08. The van der Waals surface area contributed by atoms with Gasteiger partial charge in [0.05, 0.1) is 11.1 Å². The van der Waals surface area contributed by atoms with Crippen molar-refractivity contribution in [1.82, 2.24) is 9.61 Å². The second-order valence-corrected chi connectivity index (χ2v) is 3.08. The third-order valence-electron chi connectivity index (χ3n) is 2.03. The van der Waals surface area contributed by atoms with Gasteiger partial charge in [-0.05, 0) is 18.2 Å². The monoisotopic (exact) mass is 230 g/mol. The van der Waals surface area contributed by atoms with Crippen LogP contribution in [-0.4, -0.2) is 20.7 Å². The summed E-state index contributed by atoms with van der Waals surface area (Å²) in [5.41, 5.74) is -1.60. The van der Waals surface area contributed by atoms with Crippen molar-refractivity contribution in [3.63, 3.8) is 0 Å². The Morgan fingerprint density at radius 3 is 2.69 bits per heavy atom. The van der Waals surface area contributed by atoms with Gasteiger partial charge in [0.2, 0.25) is 0 Å². The number of rotatable bonds is 1. The van der Waals surface area contributed by atoms with Gasteiger partial charge in [-0.3, -0.25) is 0 Å². The van der Waals surface area contributed by atoms with Gasteiger partial charge < -0.3 is 5.11 Å². The topological polar surface area (TPSA) is 54.6 Å². The highest BCUT2D eigenvalue weighted by Gasteiger charge is 2.33. The maximum atomic E-state index is 12.5. The molecule has 0 saturated heterocycles. The number of pyridine rings is 1. The van der Waals surface area contributed by atoms with E-state index in [0.29, 0.717) is 0 Å². The number of carboxylic acid groups (broad SMARTS) is 1. The van der Waals surface area contributed by atoms with Crippen LogP contribution < -0.4 is 0 Å². The smallest absolute Gasteiger partial charge is 0.418 e. The zero-order chi connectivity index (χ0) is 11.9. The number of aromatic carboxylic acids is 1. The van der Waals surface area contributed by atoms with E-state index < -0.39 is 23.4 Å². The molecule has 16 heavy (non-hydrogen) atoms. The molecule has 0 saturated carbocycles.